The van der Waals surface area contributed by atoms with Gasteiger partial charge in [-0.1, -0.05) is 0 Å². The molecule has 4 nitrogen and oxygen atoms in total. The molecule has 1 aromatic heterocycles. The highest BCUT2D eigenvalue weighted by molar-refractivity contribution is 7.99. The lowest BCUT2D eigenvalue weighted by atomic mass is 9.98. The Bertz CT molecular complexity index is 507. The van der Waals surface area contributed by atoms with E-state index in [0.717, 1.165) is 34.9 Å². The van der Waals surface area contributed by atoms with Gasteiger partial charge in [0.25, 0.3) is 0 Å². The van der Waals surface area contributed by atoms with Crippen LogP contribution in [0.5, 0.6) is 0 Å². The average molecular weight is 327 g/mol. The smallest absolute Gasteiger partial charge is 0.348 e. The molecule has 0 aromatic carbocycles. The van der Waals surface area contributed by atoms with Gasteiger partial charge in [-0.15, -0.1) is 11.3 Å². The highest BCUT2D eigenvalue weighted by atomic mass is 32.2. The number of esters is 1. The summed E-state index contributed by atoms with van der Waals surface area (Å²) in [5.74, 6) is 2.54. The van der Waals surface area contributed by atoms with Gasteiger partial charge in [-0.3, -0.25) is 4.79 Å². The van der Waals surface area contributed by atoms with E-state index in [2.05, 4.69) is 5.32 Å². The third kappa shape index (κ3) is 4.74. The van der Waals surface area contributed by atoms with Crippen molar-refractivity contribution in [2.24, 2.45) is 5.92 Å². The van der Waals surface area contributed by atoms with Gasteiger partial charge in [0.15, 0.2) is 0 Å². The normalized spacial score (nSPS) is 15.7. The summed E-state index contributed by atoms with van der Waals surface area (Å²) >= 11 is 3.25. The van der Waals surface area contributed by atoms with Gasteiger partial charge < -0.3 is 10.1 Å². The third-order valence-electron chi connectivity index (χ3n) is 3.46. The number of amides is 1. The number of thiophene rings is 1. The lowest BCUT2D eigenvalue weighted by molar-refractivity contribution is -0.117. The molecular weight excluding hydrogens is 306 g/mol. The van der Waals surface area contributed by atoms with Crippen LogP contribution in [-0.4, -0.2) is 30.0 Å². The molecule has 2 rings (SSSR count). The SMILES string of the molecule is CCOC(=O)c1sc(NC(=O)CC2CCSCC2)cc1C. The van der Waals surface area contributed by atoms with Crippen molar-refractivity contribution < 1.29 is 14.3 Å². The Morgan fingerprint density at radius 2 is 2.10 bits per heavy atom. The molecule has 1 amide bonds. The Morgan fingerprint density at radius 3 is 2.76 bits per heavy atom. The molecule has 0 radical (unpaired) electrons. The van der Waals surface area contributed by atoms with Crippen LogP contribution in [0.1, 0.15) is 41.4 Å². The van der Waals surface area contributed by atoms with E-state index in [0.29, 0.717) is 23.8 Å². The summed E-state index contributed by atoms with van der Waals surface area (Å²) in [7, 11) is 0. The number of hydrogen-bond acceptors (Lipinski definition) is 5. The number of thioether (sulfide) groups is 1. The Kier molecular flexibility index (Phi) is 6.11. The van der Waals surface area contributed by atoms with Gasteiger partial charge in [0, 0.05) is 6.42 Å². The first-order valence-corrected chi connectivity index (χ1v) is 9.22. The van der Waals surface area contributed by atoms with E-state index >= 15 is 0 Å². The molecule has 116 valence electrons. The molecule has 1 aromatic rings. The maximum atomic E-state index is 12.1. The molecule has 0 unspecified atom stereocenters. The fourth-order valence-corrected chi connectivity index (χ4v) is 4.53. The Hall–Kier alpha value is -1.01. The first-order chi connectivity index (χ1) is 10.1. The fourth-order valence-electron chi connectivity index (χ4n) is 2.34. The van der Waals surface area contributed by atoms with Gasteiger partial charge in [0.1, 0.15) is 4.88 Å². The molecular formula is C15H21NO3S2. The molecule has 6 heteroatoms. The van der Waals surface area contributed by atoms with E-state index in [1.807, 2.05) is 24.8 Å². The van der Waals surface area contributed by atoms with Crippen molar-refractivity contribution in [1.29, 1.82) is 0 Å². The first kappa shape index (κ1) is 16.4. The molecule has 1 aliphatic rings. The van der Waals surface area contributed by atoms with E-state index in [1.54, 1.807) is 6.92 Å². The summed E-state index contributed by atoms with van der Waals surface area (Å²) in [6.07, 6.45) is 2.82. The largest absolute Gasteiger partial charge is 0.462 e. The predicted octanol–water partition coefficient (Wildman–Crippen LogP) is 3.71. The van der Waals surface area contributed by atoms with Gasteiger partial charge in [0.2, 0.25) is 5.91 Å². The van der Waals surface area contributed by atoms with Gasteiger partial charge >= 0.3 is 5.97 Å². The second-order valence-electron chi connectivity index (χ2n) is 5.15. The summed E-state index contributed by atoms with van der Waals surface area (Å²) in [5.41, 5.74) is 0.850. The van der Waals surface area contributed by atoms with Crippen molar-refractivity contribution in [2.45, 2.75) is 33.1 Å². The molecule has 0 saturated carbocycles. The summed E-state index contributed by atoms with van der Waals surface area (Å²) in [4.78, 5) is 24.4. The molecule has 21 heavy (non-hydrogen) atoms. The minimum Gasteiger partial charge on any atom is -0.462 e. The van der Waals surface area contributed by atoms with Crippen LogP contribution >= 0.6 is 23.1 Å². The summed E-state index contributed by atoms with van der Waals surface area (Å²) in [5, 5.41) is 3.64. The zero-order valence-electron chi connectivity index (χ0n) is 12.4. The minimum atomic E-state index is -0.315. The van der Waals surface area contributed by atoms with Crippen LogP contribution < -0.4 is 5.32 Å². The minimum absolute atomic E-state index is 0.0450. The van der Waals surface area contributed by atoms with Gasteiger partial charge in [-0.2, -0.15) is 11.8 Å². The molecule has 0 bridgehead atoms. The molecule has 0 aliphatic carbocycles. The summed E-state index contributed by atoms with van der Waals surface area (Å²) in [6, 6.07) is 1.84. The lowest BCUT2D eigenvalue weighted by Gasteiger charge is -2.20. The van der Waals surface area contributed by atoms with E-state index in [1.165, 1.54) is 11.3 Å². The zero-order valence-corrected chi connectivity index (χ0v) is 14.1. The van der Waals surface area contributed by atoms with E-state index < -0.39 is 0 Å². The Morgan fingerprint density at radius 1 is 1.38 bits per heavy atom. The van der Waals surface area contributed by atoms with Crippen molar-refractivity contribution >= 4 is 40.0 Å². The maximum absolute atomic E-state index is 12.1. The quantitative estimate of drug-likeness (QED) is 0.838. The van der Waals surface area contributed by atoms with Crippen LogP contribution in [0.25, 0.3) is 0 Å². The molecule has 1 N–H and O–H groups in total. The lowest BCUT2D eigenvalue weighted by Crippen LogP contribution is -2.19. The maximum Gasteiger partial charge on any atom is 0.348 e. The second kappa shape index (κ2) is 7.84. The highest BCUT2D eigenvalue weighted by Gasteiger charge is 2.19. The number of carbonyl (C=O) groups is 2. The zero-order chi connectivity index (χ0) is 15.2. The van der Waals surface area contributed by atoms with Crippen LogP contribution in [0, 0.1) is 12.8 Å². The molecule has 2 heterocycles. The van der Waals surface area contributed by atoms with Crippen molar-refractivity contribution in [1.82, 2.24) is 0 Å². The predicted molar refractivity (Wildman–Crippen MR) is 88.3 cm³/mol. The first-order valence-electron chi connectivity index (χ1n) is 7.25. The average Bonchev–Trinajstić information content (AvgIpc) is 2.80. The number of carbonyl (C=O) groups excluding carboxylic acids is 2. The van der Waals surface area contributed by atoms with Gasteiger partial charge in [-0.05, 0) is 55.7 Å². The number of rotatable bonds is 5. The Labute approximate surface area is 133 Å². The van der Waals surface area contributed by atoms with Crippen molar-refractivity contribution in [2.75, 3.05) is 23.4 Å². The van der Waals surface area contributed by atoms with E-state index in [9.17, 15) is 9.59 Å². The Balaban J connectivity index is 1.91. The fraction of sp³-hybridized carbons (Fsp3) is 0.600. The number of anilines is 1. The number of hydrogen-bond donors (Lipinski definition) is 1. The summed E-state index contributed by atoms with van der Waals surface area (Å²) in [6.45, 7) is 4.00. The van der Waals surface area contributed by atoms with Crippen LogP contribution in [0.15, 0.2) is 6.07 Å². The molecule has 1 saturated heterocycles. The molecule has 1 fully saturated rings. The van der Waals surface area contributed by atoms with E-state index in [-0.39, 0.29) is 11.9 Å². The summed E-state index contributed by atoms with van der Waals surface area (Å²) < 4.78 is 5.01. The van der Waals surface area contributed by atoms with Crippen molar-refractivity contribution in [3.63, 3.8) is 0 Å². The van der Waals surface area contributed by atoms with Gasteiger partial charge in [0.05, 0.1) is 11.6 Å². The van der Waals surface area contributed by atoms with Crippen molar-refractivity contribution in [3.8, 4) is 0 Å². The standard InChI is InChI=1S/C15H21NO3S2/c1-3-19-15(18)14-10(2)8-13(21-14)16-12(17)9-11-4-6-20-7-5-11/h8,11H,3-7,9H2,1-2H3,(H,16,17). The van der Waals surface area contributed by atoms with Crippen LogP contribution in [0.4, 0.5) is 5.00 Å². The number of nitrogens with one attached hydrogen (secondary N) is 1. The highest BCUT2D eigenvalue weighted by Crippen LogP contribution is 2.29. The molecule has 0 atom stereocenters. The van der Waals surface area contributed by atoms with Crippen molar-refractivity contribution in [3.05, 3.63) is 16.5 Å². The van der Waals surface area contributed by atoms with E-state index in [4.69, 9.17) is 4.74 Å². The second-order valence-corrected chi connectivity index (χ2v) is 7.43. The molecule has 1 aliphatic heterocycles. The molecule has 0 spiro atoms. The van der Waals surface area contributed by atoms with Crippen LogP contribution in [0.2, 0.25) is 0 Å². The van der Waals surface area contributed by atoms with Crippen LogP contribution in [0.3, 0.4) is 0 Å². The van der Waals surface area contributed by atoms with Gasteiger partial charge in [-0.25, -0.2) is 4.79 Å². The van der Waals surface area contributed by atoms with Crippen LogP contribution in [-0.2, 0) is 9.53 Å². The number of ether oxygens (including phenoxy) is 1. The topological polar surface area (TPSA) is 55.4 Å². The monoisotopic (exact) mass is 327 g/mol. The number of aryl methyl sites for hydroxylation is 1. The third-order valence-corrected chi connectivity index (χ3v) is 5.64.